The van der Waals surface area contributed by atoms with E-state index in [9.17, 15) is 4.79 Å². The van der Waals surface area contributed by atoms with Gasteiger partial charge < -0.3 is 0 Å². The molecule has 2 aromatic carbocycles. The minimum atomic E-state index is -0.161. The fraction of sp³-hybridized carbons (Fsp3) is 0. The van der Waals surface area contributed by atoms with E-state index in [0.29, 0.717) is 15.6 Å². The van der Waals surface area contributed by atoms with Crippen molar-refractivity contribution < 1.29 is 4.79 Å². The second-order valence-electron chi connectivity index (χ2n) is 3.49. The monoisotopic (exact) mass is 297 g/mol. The molecule has 0 atom stereocenters. The molecule has 1 amide bonds. The number of benzene rings is 2. The number of carbonyl (C=O) groups is 1. The lowest BCUT2D eigenvalue weighted by Crippen LogP contribution is -2.15. The molecule has 0 radical (unpaired) electrons. The maximum absolute atomic E-state index is 11.8. The van der Waals surface area contributed by atoms with Crippen molar-refractivity contribution in [3.8, 4) is 0 Å². The minimum absolute atomic E-state index is 0.161. The number of hydrogen-bond donors (Lipinski definition) is 1. The Kier molecular flexibility index (Phi) is 4.53. The highest BCUT2D eigenvalue weighted by Gasteiger charge is 2.05. The van der Waals surface area contributed by atoms with Gasteiger partial charge in [-0.15, -0.1) is 0 Å². The highest BCUT2D eigenvalue weighted by Crippen LogP contribution is 2.18. The number of rotatable bonds is 3. The van der Waals surface area contributed by atoms with E-state index in [1.807, 2.05) is 12.1 Å². The van der Waals surface area contributed by atoms with E-state index in [1.165, 1.54) is 11.9 Å². The predicted octanol–water partition coefficient (Wildman–Crippen LogP) is 4.43. The van der Waals surface area contributed by atoms with Crippen molar-refractivity contribution in [2.75, 3.05) is 0 Å². The van der Waals surface area contributed by atoms with E-state index >= 15 is 0 Å². The van der Waals surface area contributed by atoms with Crippen LogP contribution in [0.5, 0.6) is 0 Å². The number of halogens is 2. The first-order chi connectivity index (χ1) is 8.65. The molecular formula is C13H9Cl2NOS. The standard InChI is InChI=1S/C13H9Cl2NOS/c14-10-3-1-9(2-4-10)13(17)16-18-12-7-5-11(15)6-8-12/h1-8H,(H,16,17). The molecule has 0 fully saturated rings. The molecule has 5 heteroatoms. The largest absolute Gasteiger partial charge is 0.292 e. The van der Waals surface area contributed by atoms with E-state index in [4.69, 9.17) is 23.2 Å². The Morgan fingerprint density at radius 3 is 1.94 bits per heavy atom. The molecule has 2 nitrogen and oxygen atoms in total. The van der Waals surface area contributed by atoms with E-state index in [0.717, 1.165) is 4.90 Å². The second kappa shape index (κ2) is 6.14. The summed E-state index contributed by atoms with van der Waals surface area (Å²) in [5.41, 5.74) is 0.570. The predicted molar refractivity (Wildman–Crippen MR) is 76.2 cm³/mol. The van der Waals surface area contributed by atoms with E-state index in [2.05, 4.69) is 4.72 Å². The second-order valence-corrected chi connectivity index (χ2v) is 5.25. The first kappa shape index (κ1) is 13.3. The van der Waals surface area contributed by atoms with Gasteiger partial charge in [0.05, 0.1) is 0 Å². The number of amides is 1. The van der Waals surface area contributed by atoms with Crippen molar-refractivity contribution >= 4 is 41.1 Å². The van der Waals surface area contributed by atoms with Crippen LogP contribution in [-0.2, 0) is 0 Å². The van der Waals surface area contributed by atoms with Crippen LogP contribution in [0.3, 0.4) is 0 Å². The third-order valence-electron chi connectivity index (χ3n) is 2.18. The summed E-state index contributed by atoms with van der Waals surface area (Å²) in [5.74, 6) is -0.161. The molecule has 2 rings (SSSR count). The van der Waals surface area contributed by atoms with Crippen LogP contribution in [0, 0.1) is 0 Å². The molecule has 0 saturated carbocycles. The van der Waals surface area contributed by atoms with Crippen molar-refractivity contribution in [2.24, 2.45) is 0 Å². The van der Waals surface area contributed by atoms with Gasteiger partial charge in [-0.1, -0.05) is 23.2 Å². The van der Waals surface area contributed by atoms with Gasteiger partial charge in [0.15, 0.2) is 0 Å². The van der Waals surface area contributed by atoms with Gasteiger partial charge >= 0.3 is 0 Å². The molecular weight excluding hydrogens is 289 g/mol. The Balaban J connectivity index is 1.96. The van der Waals surface area contributed by atoms with Gasteiger partial charge in [0.2, 0.25) is 0 Å². The van der Waals surface area contributed by atoms with Gasteiger partial charge in [-0.05, 0) is 60.5 Å². The summed E-state index contributed by atoms with van der Waals surface area (Å²) in [6.07, 6.45) is 0. The third kappa shape index (κ3) is 3.67. The first-order valence-corrected chi connectivity index (χ1v) is 6.71. The third-order valence-corrected chi connectivity index (χ3v) is 3.48. The molecule has 0 bridgehead atoms. The molecule has 0 heterocycles. The van der Waals surface area contributed by atoms with Gasteiger partial charge in [0.25, 0.3) is 5.91 Å². The van der Waals surface area contributed by atoms with E-state index in [1.54, 1.807) is 36.4 Å². The van der Waals surface area contributed by atoms with E-state index < -0.39 is 0 Å². The highest BCUT2D eigenvalue weighted by atomic mass is 35.5. The zero-order chi connectivity index (χ0) is 13.0. The highest BCUT2D eigenvalue weighted by molar-refractivity contribution is 7.98. The Morgan fingerprint density at radius 1 is 0.889 bits per heavy atom. The molecule has 0 saturated heterocycles. The van der Waals surface area contributed by atoms with Crippen LogP contribution in [0.1, 0.15) is 10.4 Å². The van der Waals surface area contributed by atoms with Crippen LogP contribution in [-0.4, -0.2) is 5.91 Å². The molecule has 18 heavy (non-hydrogen) atoms. The topological polar surface area (TPSA) is 29.1 Å². The minimum Gasteiger partial charge on any atom is -0.292 e. The van der Waals surface area contributed by atoms with Gasteiger partial charge in [-0.3, -0.25) is 9.52 Å². The molecule has 0 aliphatic carbocycles. The summed E-state index contributed by atoms with van der Waals surface area (Å²) >= 11 is 12.8. The Hall–Kier alpha value is -1.16. The molecule has 0 unspecified atom stereocenters. The molecule has 92 valence electrons. The van der Waals surface area contributed by atoms with Crippen molar-refractivity contribution in [1.82, 2.24) is 4.72 Å². The number of nitrogens with one attached hydrogen (secondary N) is 1. The Bertz CT molecular complexity index is 540. The number of carbonyl (C=O) groups excluding carboxylic acids is 1. The van der Waals surface area contributed by atoms with Crippen LogP contribution < -0.4 is 4.72 Å². The molecule has 0 aromatic heterocycles. The Morgan fingerprint density at radius 2 is 1.39 bits per heavy atom. The zero-order valence-corrected chi connectivity index (χ0v) is 11.5. The molecule has 0 aliphatic rings. The van der Waals surface area contributed by atoms with Crippen molar-refractivity contribution in [3.05, 3.63) is 64.1 Å². The summed E-state index contributed by atoms with van der Waals surface area (Å²) < 4.78 is 2.75. The lowest BCUT2D eigenvalue weighted by molar-refractivity contribution is 0.0984. The lowest BCUT2D eigenvalue weighted by Gasteiger charge is -2.04. The van der Waals surface area contributed by atoms with Gasteiger partial charge in [0, 0.05) is 20.5 Å². The van der Waals surface area contributed by atoms with Crippen molar-refractivity contribution in [1.29, 1.82) is 0 Å². The van der Waals surface area contributed by atoms with Gasteiger partial charge in [0.1, 0.15) is 0 Å². The van der Waals surface area contributed by atoms with Crippen LogP contribution in [0.2, 0.25) is 10.0 Å². The fourth-order valence-electron chi connectivity index (χ4n) is 1.27. The Labute approximate surface area is 119 Å². The van der Waals surface area contributed by atoms with Crippen LogP contribution in [0.25, 0.3) is 0 Å². The summed E-state index contributed by atoms with van der Waals surface area (Å²) in [4.78, 5) is 12.7. The van der Waals surface area contributed by atoms with Gasteiger partial charge in [-0.25, -0.2) is 0 Å². The summed E-state index contributed by atoms with van der Waals surface area (Å²) in [5, 5.41) is 1.28. The quantitative estimate of drug-likeness (QED) is 0.849. The average molecular weight is 298 g/mol. The van der Waals surface area contributed by atoms with Crippen LogP contribution in [0.4, 0.5) is 0 Å². The van der Waals surface area contributed by atoms with Gasteiger partial charge in [-0.2, -0.15) is 0 Å². The van der Waals surface area contributed by atoms with Crippen LogP contribution in [0.15, 0.2) is 53.4 Å². The van der Waals surface area contributed by atoms with Crippen LogP contribution >= 0.6 is 35.1 Å². The summed E-state index contributed by atoms with van der Waals surface area (Å²) in [6.45, 7) is 0. The maximum atomic E-state index is 11.8. The maximum Gasteiger partial charge on any atom is 0.261 e. The SMILES string of the molecule is O=C(NSc1ccc(Cl)cc1)c1ccc(Cl)cc1. The molecule has 1 N–H and O–H groups in total. The fourth-order valence-corrected chi connectivity index (χ4v) is 2.12. The summed E-state index contributed by atoms with van der Waals surface area (Å²) in [7, 11) is 0. The smallest absolute Gasteiger partial charge is 0.261 e. The van der Waals surface area contributed by atoms with Crippen molar-refractivity contribution in [2.45, 2.75) is 4.90 Å². The lowest BCUT2D eigenvalue weighted by atomic mass is 10.2. The normalized spacial score (nSPS) is 10.1. The first-order valence-electron chi connectivity index (χ1n) is 5.13. The average Bonchev–Trinajstić information content (AvgIpc) is 2.38. The van der Waals surface area contributed by atoms with Crippen molar-refractivity contribution in [3.63, 3.8) is 0 Å². The summed E-state index contributed by atoms with van der Waals surface area (Å²) in [6, 6.07) is 14.0. The zero-order valence-electron chi connectivity index (χ0n) is 9.19. The molecule has 0 aliphatic heterocycles. The molecule has 0 spiro atoms. The van der Waals surface area contributed by atoms with E-state index in [-0.39, 0.29) is 5.91 Å². The molecule has 2 aromatic rings. The number of hydrogen-bond acceptors (Lipinski definition) is 2.